The van der Waals surface area contributed by atoms with Gasteiger partial charge in [-0.1, -0.05) is 48.5 Å². The standard InChI is InChI=1S/C30H32N2O6/c1-31(2)15-16-32-27(26(29(34)30(32)35)28(33)22-11-8-12-23(17-22)36-3)21-13-14-24(25(18-21)37-4)38-19-20-9-6-5-7-10-20/h5-14,17-18,27,33H,15-16,19H2,1-4H3/t27-/m0/s1. The molecule has 0 radical (unpaired) electrons. The van der Waals surface area contributed by atoms with Gasteiger partial charge in [0.15, 0.2) is 11.5 Å². The van der Waals surface area contributed by atoms with Gasteiger partial charge in [-0.3, -0.25) is 9.59 Å². The van der Waals surface area contributed by atoms with Crippen LogP contribution in [-0.4, -0.2) is 68.0 Å². The monoisotopic (exact) mass is 516 g/mol. The summed E-state index contributed by atoms with van der Waals surface area (Å²) in [6.45, 7) is 1.19. The van der Waals surface area contributed by atoms with Gasteiger partial charge in [-0.2, -0.15) is 0 Å². The summed E-state index contributed by atoms with van der Waals surface area (Å²) in [5.74, 6) is -0.157. The Labute approximate surface area is 222 Å². The first-order valence-electron chi connectivity index (χ1n) is 12.3. The van der Waals surface area contributed by atoms with E-state index in [0.717, 1.165) is 5.56 Å². The molecule has 8 heteroatoms. The summed E-state index contributed by atoms with van der Waals surface area (Å²) < 4.78 is 16.9. The number of carbonyl (C=O) groups excluding carboxylic acids is 2. The van der Waals surface area contributed by atoms with E-state index in [0.29, 0.717) is 48.1 Å². The van der Waals surface area contributed by atoms with Crippen molar-refractivity contribution in [2.75, 3.05) is 41.4 Å². The first kappa shape index (κ1) is 26.8. The normalized spacial score (nSPS) is 16.7. The molecular formula is C30H32N2O6. The summed E-state index contributed by atoms with van der Waals surface area (Å²) in [5, 5.41) is 11.3. The number of nitrogens with zero attached hydrogens (tertiary/aromatic N) is 2. The summed E-state index contributed by atoms with van der Waals surface area (Å²) in [6.07, 6.45) is 0. The van der Waals surface area contributed by atoms with Crippen LogP contribution >= 0.6 is 0 Å². The van der Waals surface area contributed by atoms with Crippen LogP contribution in [0.4, 0.5) is 0 Å². The van der Waals surface area contributed by atoms with Crippen molar-refractivity contribution in [2.24, 2.45) is 0 Å². The van der Waals surface area contributed by atoms with E-state index in [2.05, 4.69) is 0 Å². The number of likely N-dealkylation sites (N-methyl/N-ethyl adjacent to an activating group) is 1. The molecule has 0 aromatic heterocycles. The van der Waals surface area contributed by atoms with Crippen LogP contribution in [-0.2, 0) is 16.2 Å². The zero-order valence-electron chi connectivity index (χ0n) is 22.0. The number of likely N-dealkylation sites (tertiary alicyclic amines) is 1. The molecule has 3 aromatic carbocycles. The average molecular weight is 517 g/mol. The topological polar surface area (TPSA) is 88.5 Å². The summed E-state index contributed by atoms with van der Waals surface area (Å²) in [6, 6.07) is 21.0. The number of rotatable bonds is 10. The van der Waals surface area contributed by atoms with E-state index in [-0.39, 0.29) is 11.3 Å². The van der Waals surface area contributed by atoms with Crippen molar-refractivity contribution >= 4 is 17.4 Å². The van der Waals surface area contributed by atoms with Gasteiger partial charge in [0, 0.05) is 18.7 Å². The number of ketones is 1. The largest absolute Gasteiger partial charge is 0.507 e. The Morgan fingerprint density at radius 3 is 2.37 bits per heavy atom. The van der Waals surface area contributed by atoms with Crippen molar-refractivity contribution in [3.8, 4) is 17.2 Å². The molecule has 1 atom stereocenters. The zero-order chi connectivity index (χ0) is 27.2. The lowest BCUT2D eigenvalue weighted by Gasteiger charge is -2.27. The third-order valence-electron chi connectivity index (χ3n) is 6.41. The number of aliphatic hydroxyl groups is 1. The lowest BCUT2D eigenvalue weighted by Crippen LogP contribution is -2.35. The second-order valence-electron chi connectivity index (χ2n) is 9.21. The van der Waals surface area contributed by atoms with Gasteiger partial charge in [0.05, 0.1) is 25.8 Å². The van der Waals surface area contributed by atoms with E-state index in [4.69, 9.17) is 14.2 Å². The second-order valence-corrected chi connectivity index (χ2v) is 9.21. The molecule has 38 heavy (non-hydrogen) atoms. The first-order chi connectivity index (χ1) is 18.3. The molecule has 1 heterocycles. The average Bonchev–Trinajstić information content (AvgIpc) is 3.20. The molecular weight excluding hydrogens is 484 g/mol. The van der Waals surface area contributed by atoms with Crippen LogP contribution in [0.3, 0.4) is 0 Å². The summed E-state index contributed by atoms with van der Waals surface area (Å²) in [4.78, 5) is 29.9. The number of carbonyl (C=O) groups is 2. The molecule has 0 bridgehead atoms. The highest BCUT2D eigenvalue weighted by molar-refractivity contribution is 6.46. The van der Waals surface area contributed by atoms with Gasteiger partial charge < -0.3 is 29.1 Å². The zero-order valence-corrected chi connectivity index (χ0v) is 22.0. The number of Topliss-reactive ketones (excluding diaryl/α,β-unsaturated/α-hetero) is 1. The highest BCUT2D eigenvalue weighted by atomic mass is 16.5. The Bertz CT molecular complexity index is 1340. The maximum Gasteiger partial charge on any atom is 0.295 e. The molecule has 4 rings (SSSR count). The predicted octanol–water partition coefficient (Wildman–Crippen LogP) is 4.27. The van der Waals surface area contributed by atoms with Crippen LogP contribution in [0.25, 0.3) is 5.76 Å². The fraction of sp³-hybridized carbons (Fsp3) is 0.267. The number of ether oxygens (including phenoxy) is 3. The minimum absolute atomic E-state index is 0.0158. The maximum atomic E-state index is 13.3. The molecule has 3 aromatic rings. The Morgan fingerprint density at radius 1 is 0.921 bits per heavy atom. The predicted molar refractivity (Wildman–Crippen MR) is 144 cm³/mol. The highest BCUT2D eigenvalue weighted by Gasteiger charge is 2.46. The minimum Gasteiger partial charge on any atom is -0.507 e. The van der Waals surface area contributed by atoms with Crippen LogP contribution in [0, 0.1) is 0 Å². The summed E-state index contributed by atoms with van der Waals surface area (Å²) >= 11 is 0. The second kappa shape index (κ2) is 11.8. The smallest absolute Gasteiger partial charge is 0.295 e. The molecule has 1 N–H and O–H groups in total. The van der Waals surface area contributed by atoms with Crippen LogP contribution in [0.1, 0.15) is 22.7 Å². The molecule has 1 aliphatic heterocycles. The van der Waals surface area contributed by atoms with Crippen LogP contribution in [0.5, 0.6) is 17.2 Å². The molecule has 0 aliphatic carbocycles. The van der Waals surface area contributed by atoms with E-state index in [1.165, 1.54) is 19.1 Å². The van der Waals surface area contributed by atoms with Gasteiger partial charge in [0.25, 0.3) is 11.7 Å². The highest BCUT2D eigenvalue weighted by Crippen LogP contribution is 2.42. The van der Waals surface area contributed by atoms with Gasteiger partial charge in [-0.25, -0.2) is 0 Å². The van der Waals surface area contributed by atoms with Crippen LogP contribution < -0.4 is 14.2 Å². The van der Waals surface area contributed by atoms with Gasteiger partial charge in [0.1, 0.15) is 18.1 Å². The molecule has 198 valence electrons. The van der Waals surface area contributed by atoms with Crippen molar-refractivity contribution in [1.29, 1.82) is 0 Å². The molecule has 0 spiro atoms. The molecule has 8 nitrogen and oxygen atoms in total. The maximum absolute atomic E-state index is 13.3. The van der Waals surface area contributed by atoms with Crippen molar-refractivity contribution in [3.63, 3.8) is 0 Å². The van der Waals surface area contributed by atoms with Gasteiger partial charge in [0.2, 0.25) is 0 Å². The van der Waals surface area contributed by atoms with Gasteiger partial charge in [-0.15, -0.1) is 0 Å². The Morgan fingerprint density at radius 2 is 1.68 bits per heavy atom. The fourth-order valence-corrected chi connectivity index (χ4v) is 4.40. The minimum atomic E-state index is -0.807. The lowest BCUT2D eigenvalue weighted by atomic mass is 9.95. The van der Waals surface area contributed by atoms with Gasteiger partial charge >= 0.3 is 0 Å². The Hall–Kier alpha value is -4.30. The van der Waals surface area contributed by atoms with E-state index in [1.807, 2.05) is 49.3 Å². The fourth-order valence-electron chi connectivity index (χ4n) is 4.40. The summed E-state index contributed by atoms with van der Waals surface area (Å²) in [7, 11) is 6.84. The van der Waals surface area contributed by atoms with E-state index < -0.39 is 17.7 Å². The number of amides is 1. The van der Waals surface area contributed by atoms with Crippen molar-refractivity contribution < 1.29 is 28.9 Å². The third-order valence-corrected chi connectivity index (χ3v) is 6.41. The van der Waals surface area contributed by atoms with E-state index in [1.54, 1.807) is 42.5 Å². The lowest BCUT2D eigenvalue weighted by molar-refractivity contribution is -0.140. The first-order valence-corrected chi connectivity index (χ1v) is 12.3. The number of hydrogen-bond donors (Lipinski definition) is 1. The van der Waals surface area contributed by atoms with Crippen molar-refractivity contribution in [2.45, 2.75) is 12.6 Å². The number of hydrogen-bond acceptors (Lipinski definition) is 7. The SMILES string of the molecule is COc1cccc(C(O)=C2C(=O)C(=O)N(CCN(C)C)[C@H]2c2ccc(OCc3ccccc3)c(OC)c2)c1. The van der Waals surface area contributed by atoms with Crippen molar-refractivity contribution in [1.82, 2.24) is 9.80 Å². The van der Waals surface area contributed by atoms with Gasteiger partial charge in [-0.05, 0) is 49.5 Å². The quantitative estimate of drug-likeness (QED) is 0.245. The molecule has 0 unspecified atom stereocenters. The van der Waals surface area contributed by atoms with Crippen molar-refractivity contribution in [3.05, 3.63) is 95.1 Å². The number of aliphatic hydroxyl groups excluding tert-OH is 1. The molecule has 1 amide bonds. The number of methoxy groups -OCH3 is 2. The van der Waals surface area contributed by atoms with Crippen LogP contribution in [0.15, 0.2) is 78.4 Å². The third kappa shape index (κ3) is 5.65. The summed E-state index contributed by atoms with van der Waals surface area (Å²) in [5.41, 5.74) is 2.03. The Kier molecular flexibility index (Phi) is 8.33. The van der Waals surface area contributed by atoms with E-state index in [9.17, 15) is 14.7 Å². The molecule has 1 aliphatic rings. The molecule has 1 saturated heterocycles. The van der Waals surface area contributed by atoms with E-state index >= 15 is 0 Å². The Balaban J connectivity index is 1.76. The number of benzene rings is 3. The van der Waals surface area contributed by atoms with Crippen LogP contribution in [0.2, 0.25) is 0 Å². The molecule has 0 saturated carbocycles. The molecule has 1 fully saturated rings.